The number of carbonyl (C=O) groups excluding carboxylic acids is 1. The van der Waals surface area contributed by atoms with Gasteiger partial charge < -0.3 is 10.1 Å². The first-order valence-electron chi connectivity index (χ1n) is 6.59. The fraction of sp³-hybridized carbons (Fsp3) is 0.0714. The number of nitrogens with zero attached hydrogens (tertiary/aromatic N) is 1. The molecule has 3 N–H and O–H groups in total. The zero-order valence-electron chi connectivity index (χ0n) is 12.7. The van der Waals surface area contributed by atoms with Crippen LogP contribution in [0.25, 0.3) is 0 Å². The molecule has 2 aromatic carbocycles. The topological polar surface area (TPSA) is 142 Å². The van der Waals surface area contributed by atoms with Crippen LogP contribution >= 0.6 is 11.6 Å². The van der Waals surface area contributed by atoms with E-state index in [0.29, 0.717) is 0 Å². The predicted octanol–water partition coefficient (Wildman–Crippen LogP) is 2.16. The van der Waals surface area contributed by atoms with Gasteiger partial charge in [0.2, 0.25) is 10.0 Å². The summed E-state index contributed by atoms with van der Waals surface area (Å²) in [6.45, 7) is 0. The normalized spacial score (nSPS) is 11.0. The molecular formula is C14H12ClN3O6S. The number of amides is 1. The van der Waals surface area contributed by atoms with E-state index in [0.717, 1.165) is 6.07 Å². The molecule has 0 radical (unpaired) electrons. The van der Waals surface area contributed by atoms with Crippen LogP contribution in [-0.4, -0.2) is 26.4 Å². The molecule has 2 aromatic rings. The SMILES string of the molecule is COc1cc(NC(=O)c2ccc(Cl)c([N+](=O)[O-])c2)ccc1S(N)(=O)=O. The van der Waals surface area contributed by atoms with E-state index in [4.69, 9.17) is 21.5 Å². The third-order valence-electron chi connectivity index (χ3n) is 3.13. The molecule has 0 aliphatic carbocycles. The Balaban J connectivity index is 2.32. The highest BCUT2D eigenvalue weighted by Gasteiger charge is 2.18. The number of methoxy groups -OCH3 is 1. The quantitative estimate of drug-likeness (QED) is 0.596. The van der Waals surface area contributed by atoms with Gasteiger partial charge in [0.1, 0.15) is 15.7 Å². The van der Waals surface area contributed by atoms with Crippen LogP contribution in [-0.2, 0) is 10.0 Å². The van der Waals surface area contributed by atoms with Gasteiger partial charge >= 0.3 is 0 Å². The number of nitrogens with two attached hydrogens (primary N) is 1. The highest BCUT2D eigenvalue weighted by molar-refractivity contribution is 7.89. The lowest BCUT2D eigenvalue weighted by atomic mass is 10.2. The summed E-state index contributed by atoms with van der Waals surface area (Å²) in [5.74, 6) is -0.701. The van der Waals surface area contributed by atoms with Crippen LogP contribution in [0.1, 0.15) is 10.4 Å². The van der Waals surface area contributed by atoms with E-state index < -0.39 is 26.5 Å². The lowest BCUT2D eigenvalue weighted by Gasteiger charge is -2.10. The van der Waals surface area contributed by atoms with E-state index in [1.165, 1.54) is 37.4 Å². The maximum absolute atomic E-state index is 12.2. The summed E-state index contributed by atoms with van der Waals surface area (Å²) in [6.07, 6.45) is 0. The van der Waals surface area contributed by atoms with Crippen molar-refractivity contribution in [3.8, 4) is 5.75 Å². The summed E-state index contributed by atoms with van der Waals surface area (Å²) >= 11 is 5.70. The Labute approximate surface area is 147 Å². The van der Waals surface area contributed by atoms with Gasteiger partial charge in [0.05, 0.1) is 12.0 Å². The Morgan fingerprint density at radius 3 is 2.52 bits per heavy atom. The van der Waals surface area contributed by atoms with E-state index in [1.807, 2.05) is 0 Å². The van der Waals surface area contributed by atoms with E-state index in [9.17, 15) is 23.3 Å². The number of hydrogen-bond donors (Lipinski definition) is 2. The second kappa shape index (κ2) is 7.05. The maximum atomic E-state index is 12.2. The molecule has 1 amide bonds. The fourth-order valence-electron chi connectivity index (χ4n) is 1.98. The average Bonchev–Trinajstić information content (AvgIpc) is 2.53. The third kappa shape index (κ3) is 4.24. The van der Waals surface area contributed by atoms with E-state index in [-0.39, 0.29) is 26.9 Å². The second-order valence-electron chi connectivity index (χ2n) is 4.79. The number of anilines is 1. The average molecular weight is 386 g/mol. The van der Waals surface area contributed by atoms with Gasteiger partial charge in [-0.1, -0.05) is 11.6 Å². The summed E-state index contributed by atoms with van der Waals surface area (Å²) in [4.78, 5) is 22.1. The molecule has 0 aromatic heterocycles. The van der Waals surface area contributed by atoms with Crippen LogP contribution in [0.5, 0.6) is 5.75 Å². The molecule has 0 heterocycles. The van der Waals surface area contributed by atoms with Gasteiger partial charge in [0.25, 0.3) is 11.6 Å². The zero-order chi connectivity index (χ0) is 18.8. The summed E-state index contributed by atoms with van der Waals surface area (Å²) in [5.41, 5.74) is -0.186. The number of benzene rings is 2. The van der Waals surface area contributed by atoms with Crippen molar-refractivity contribution in [2.24, 2.45) is 5.14 Å². The minimum absolute atomic E-state index is 0.00518. The fourth-order valence-corrected chi connectivity index (χ4v) is 2.84. The number of nitrogens with one attached hydrogen (secondary N) is 1. The standard InChI is InChI=1S/C14H12ClN3O6S/c1-24-12-7-9(3-5-13(12)25(16,22)23)17-14(19)8-2-4-10(15)11(6-8)18(20)21/h2-7H,1H3,(H,17,19)(H2,16,22,23). The van der Waals surface area contributed by atoms with Crippen molar-refractivity contribution in [1.29, 1.82) is 0 Å². The summed E-state index contributed by atoms with van der Waals surface area (Å²) in [5, 5.41) is 18.3. The first-order chi connectivity index (χ1) is 11.6. The Morgan fingerprint density at radius 2 is 1.96 bits per heavy atom. The molecule has 0 atom stereocenters. The Morgan fingerprint density at radius 1 is 1.28 bits per heavy atom. The van der Waals surface area contributed by atoms with Crippen molar-refractivity contribution in [3.63, 3.8) is 0 Å². The molecule has 0 saturated heterocycles. The van der Waals surface area contributed by atoms with Gasteiger partial charge in [-0.25, -0.2) is 13.6 Å². The van der Waals surface area contributed by atoms with Crippen LogP contribution in [0, 0.1) is 10.1 Å². The minimum Gasteiger partial charge on any atom is -0.495 e. The summed E-state index contributed by atoms with van der Waals surface area (Å²) in [6, 6.07) is 7.34. The number of rotatable bonds is 5. The van der Waals surface area contributed by atoms with Gasteiger partial charge in [0, 0.05) is 23.4 Å². The maximum Gasteiger partial charge on any atom is 0.288 e. The van der Waals surface area contributed by atoms with Crippen LogP contribution in [0.2, 0.25) is 5.02 Å². The molecule has 0 aliphatic rings. The number of hydrogen-bond acceptors (Lipinski definition) is 6. The highest BCUT2D eigenvalue weighted by Crippen LogP contribution is 2.28. The molecule has 0 aliphatic heterocycles. The van der Waals surface area contributed by atoms with Crippen LogP contribution < -0.4 is 15.2 Å². The number of ether oxygens (including phenoxy) is 1. The molecule has 25 heavy (non-hydrogen) atoms. The Hall–Kier alpha value is -2.69. The van der Waals surface area contributed by atoms with Gasteiger partial charge in [-0.05, 0) is 24.3 Å². The minimum atomic E-state index is -3.99. The largest absolute Gasteiger partial charge is 0.495 e. The molecule has 0 unspecified atom stereocenters. The lowest BCUT2D eigenvalue weighted by molar-refractivity contribution is -0.384. The number of carbonyl (C=O) groups is 1. The van der Waals surface area contributed by atoms with Gasteiger partial charge in [0.15, 0.2) is 0 Å². The highest BCUT2D eigenvalue weighted by atomic mass is 35.5. The Kier molecular flexibility index (Phi) is 5.26. The van der Waals surface area contributed by atoms with E-state index in [2.05, 4.69) is 5.32 Å². The molecule has 11 heteroatoms. The molecule has 9 nitrogen and oxygen atoms in total. The van der Waals surface area contributed by atoms with Crippen LogP contribution in [0.15, 0.2) is 41.3 Å². The van der Waals surface area contributed by atoms with Crippen molar-refractivity contribution in [2.75, 3.05) is 12.4 Å². The zero-order valence-corrected chi connectivity index (χ0v) is 14.3. The van der Waals surface area contributed by atoms with Crippen LogP contribution in [0.3, 0.4) is 0 Å². The third-order valence-corrected chi connectivity index (χ3v) is 4.40. The van der Waals surface area contributed by atoms with Crippen LogP contribution in [0.4, 0.5) is 11.4 Å². The number of primary sulfonamides is 1. The molecule has 0 spiro atoms. The van der Waals surface area contributed by atoms with Crippen molar-refractivity contribution in [1.82, 2.24) is 0 Å². The first kappa shape index (κ1) is 18.6. The van der Waals surface area contributed by atoms with Gasteiger partial charge in [-0.2, -0.15) is 0 Å². The van der Waals surface area contributed by atoms with Crippen molar-refractivity contribution < 1.29 is 22.9 Å². The lowest BCUT2D eigenvalue weighted by Crippen LogP contribution is -2.15. The number of halogens is 1. The van der Waals surface area contributed by atoms with Crippen molar-refractivity contribution in [2.45, 2.75) is 4.90 Å². The molecular weight excluding hydrogens is 374 g/mol. The number of nitro groups is 1. The molecule has 0 bridgehead atoms. The molecule has 0 saturated carbocycles. The summed E-state index contributed by atoms with van der Waals surface area (Å²) < 4.78 is 27.8. The predicted molar refractivity (Wildman–Crippen MR) is 90.4 cm³/mol. The smallest absolute Gasteiger partial charge is 0.288 e. The second-order valence-corrected chi connectivity index (χ2v) is 6.73. The molecule has 132 valence electrons. The van der Waals surface area contributed by atoms with Crippen molar-refractivity contribution in [3.05, 3.63) is 57.1 Å². The monoisotopic (exact) mass is 385 g/mol. The van der Waals surface area contributed by atoms with E-state index in [1.54, 1.807) is 0 Å². The summed E-state index contributed by atoms with van der Waals surface area (Å²) in [7, 11) is -2.74. The van der Waals surface area contributed by atoms with Gasteiger partial charge in [-0.3, -0.25) is 14.9 Å². The number of nitro benzene ring substituents is 1. The first-order valence-corrected chi connectivity index (χ1v) is 8.52. The molecule has 2 rings (SSSR count). The van der Waals surface area contributed by atoms with Crippen molar-refractivity contribution >= 4 is 38.9 Å². The Bertz CT molecular complexity index is 961. The van der Waals surface area contributed by atoms with Gasteiger partial charge in [-0.15, -0.1) is 0 Å². The number of sulfonamides is 1. The molecule has 0 fully saturated rings. The van der Waals surface area contributed by atoms with E-state index >= 15 is 0 Å².